The molecule has 0 saturated carbocycles. The van der Waals surface area contributed by atoms with Crippen molar-refractivity contribution in [3.8, 4) is 11.8 Å². The minimum Gasteiger partial charge on any atom is -0.508 e. The molecule has 0 aliphatic heterocycles. The Morgan fingerprint density at radius 1 is 1.40 bits per heavy atom. The number of methoxy groups -OCH3 is 1. The van der Waals surface area contributed by atoms with Gasteiger partial charge in [-0.25, -0.2) is 4.79 Å². The fourth-order valence-corrected chi connectivity index (χ4v) is 1.62. The maximum atomic E-state index is 12.0. The van der Waals surface area contributed by atoms with Gasteiger partial charge in [0, 0.05) is 11.5 Å². The summed E-state index contributed by atoms with van der Waals surface area (Å²) < 4.78 is 4.61. The van der Waals surface area contributed by atoms with E-state index in [1.807, 2.05) is 6.07 Å². The lowest BCUT2D eigenvalue weighted by atomic mass is 10.0. The molecule has 0 radical (unpaired) electrons. The fraction of sp³-hybridized carbons (Fsp3) is 0.357. The van der Waals surface area contributed by atoms with E-state index < -0.39 is 17.9 Å². The first kappa shape index (κ1) is 15.5. The highest BCUT2D eigenvalue weighted by molar-refractivity contribution is 5.96. The molecule has 2 atom stereocenters. The van der Waals surface area contributed by atoms with Gasteiger partial charge in [-0.2, -0.15) is 5.26 Å². The monoisotopic (exact) mass is 276 g/mol. The molecular weight excluding hydrogens is 260 g/mol. The normalized spacial score (nSPS) is 12.8. The second-order valence-corrected chi connectivity index (χ2v) is 4.36. The Morgan fingerprint density at radius 3 is 2.50 bits per heavy atom. The molecule has 106 valence electrons. The summed E-state index contributed by atoms with van der Waals surface area (Å²) in [5.74, 6) is -1.41. The lowest BCUT2D eigenvalue weighted by Gasteiger charge is -2.17. The summed E-state index contributed by atoms with van der Waals surface area (Å²) >= 11 is 0. The number of nitrogens with one attached hydrogen (secondary N) is 1. The maximum Gasteiger partial charge on any atom is 0.328 e. The predicted octanol–water partition coefficient (Wildman–Crippen LogP) is 1.21. The van der Waals surface area contributed by atoms with Crippen LogP contribution in [0.2, 0.25) is 0 Å². The molecule has 2 N–H and O–H groups in total. The number of amides is 1. The highest BCUT2D eigenvalue weighted by Gasteiger charge is 2.24. The topological polar surface area (TPSA) is 99.4 Å². The number of benzene rings is 1. The van der Waals surface area contributed by atoms with Crippen LogP contribution in [-0.4, -0.2) is 30.1 Å². The molecule has 20 heavy (non-hydrogen) atoms. The third kappa shape index (κ3) is 4.28. The van der Waals surface area contributed by atoms with Crippen LogP contribution in [-0.2, 0) is 9.53 Å². The Morgan fingerprint density at radius 2 is 2.00 bits per heavy atom. The molecule has 0 spiro atoms. The van der Waals surface area contributed by atoms with Crippen LogP contribution in [0.1, 0.15) is 23.7 Å². The van der Waals surface area contributed by atoms with Crippen molar-refractivity contribution in [2.75, 3.05) is 7.11 Å². The first-order valence-corrected chi connectivity index (χ1v) is 6.05. The number of carbonyl (C=O) groups is 2. The average Bonchev–Trinajstić information content (AvgIpc) is 2.46. The van der Waals surface area contributed by atoms with Crippen LogP contribution in [0, 0.1) is 17.2 Å². The molecule has 0 heterocycles. The van der Waals surface area contributed by atoms with Crippen molar-refractivity contribution in [1.29, 1.82) is 5.26 Å². The van der Waals surface area contributed by atoms with Crippen LogP contribution in [0.4, 0.5) is 0 Å². The molecule has 6 heteroatoms. The van der Waals surface area contributed by atoms with Gasteiger partial charge in [0.2, 0.25) is 0 Å². The number of aromatic hydroxyl groups is 1. The average molecular weight is 276 g/mol. The number of phenols is 1. The molecule has 0 aliphatic rings. The molecular formula is C14H16N2O4. The molecule has 0 aliphatic carbocycles. The number of rotatable bonds is 5. The highest BCUT2D eigenvalue weighted by Crippen LogP contribution is 2.11. The number of carbonyl (C=O) groups excluding carboxylic acids is 2. The minimum absolute atomic E-state index is 0.0455. The number of nitrogens with zero attached hydrogens (tertiary/aromatic N) is 1. The van der Waals surface area contributed by atoms with Gasteiger partial charge < -0.3 is 15.2 Å². The standard InChI is InChI=1S/C14H16N2O4/c1-9(8-15)7-12(14(19)20-2)16-13(18)10-3-5-11(17)6-4-10/h3-6,9,12,17H,7H2,1-2H3,(H,16,18)/t9-,12+/m0/s1. The van der Waals surface area contributed by atoms with E-state index in [4.69, 9.17) is 10.4 Å². The zero-order valence-electron chi connectivity index (χ0n) is 11.3. The first-order valence-electron chi connectivity index (χ1n) is 6.05. The fourth-order valence-electron chi connectivity index (χ4n) is 1.62. The zero-order valence-corrected chi connectivity index (χ0v) is 11.3. The van der Waals surface area contributed by atoms with Crippen LogP contribution >= 0.6 is 0 Å². The van der Waals surface area contributed by atoms with Crippen molar-refractivity contribution in [2.45, 2.75) is 19.4 Å². The Labute approximate surface area is 117 Å². The van der Waals surface area contributed by atoms with E-state index in [0.29, 0.717) is 5.56 Å². The molecule has 6 nitrogen and oxygen atoms in total. The van der Waals surface area contributed by atoms with Crippen LogP contribution in [0.3, 0.4) is 0 Å². The highest BCUT2D eigenvalue weighted by atomic mass is 16.5. The lowest BCUT2D eigenvalue weighted by molar-refractivity contribution is -0.143. The summed E-state index contributed by atoms with van der Waals surface area (Å²) in [5, 5.41) is 20.5. The Hall–Kier alpha value is -2.55. The van der Waals surface area contributed by atoms with Gasteiger partial charge in [-0.05, 0) is 37.6 Å². The third-order valence-corrected chi connectivity index (χ3v) is 2.73. The summed E-state index contributed by atoms with van der Waals surface area (Å²) in [5.41, 5.74) is 0.307. The van der Waals surface area contributed by atoms with E-state index in [2.05, 4.69) is 10.1 Å². The largest absolute Gasteiger partial charge is 0.508 e. The number of phenolic OH excluding ortho intramolecular Hbond substituents is 1. The Kier molecular flexibility index (Phi) is 5.54. The molecule has 1 aromatic carbocycles. The molecule has 1 aromatic rings. The molecule has 0 saturated heterocycles. The van der Waals surface area contributed by atoms with Gasteiger partial charge in [-0.3, -0.25) is 4.79 Å². The summed E-state index contributed by atoms with van der Waals surface area (Å²) in [4.78, 5) is 23.6. The van der Waals surface area contributed by atoms with E-state index in [1.165, 1.54) is 31.4 Å². The Balaban J connectivity index is 2.78. The first-order chi connectivity index (χ1) is 9.47. The number of esters is 1. The van der Waals surface area contributed by atoms with Gasteiger partial charge in [-0.15, -0.1) is 0 Å². The van der Waals surface area contributed by atoms with Crippen molar-refractivity contribution in [1.82, 2.24) is 5.32 Å². The van der Waals surface area contributed by atoms with Crippen LogP contribution in [0.15, 0.2) is 24.3 Å². The summed E-state index contributed by atoms with van der Waals surface area (Å²) in [7, 11) is 1.22. The van der Waals surface area contributed by atoms with E-state index in [0.717, 1.165) is 0 Å². The second kappa shape index (κ2) is 7.14. The summed E-state index contributed by atoms with van der Waals surface area (Å²) in [6.07, 6.45) is 0.174. The lowest BCUT2D eigenvalue weighted by Crippen LogP contribution is -2.42. The number of nitriles is 1. The predicted molar refractivity (Wildman–Crippen MR) is 70.8 cm³/mol. The van der Waals surface area contributed by atoms with E-state index >= 15 is 0 Å². The van der Waals surface area contributed by atoms with Gasteiger partial charge in [0.15, 0.2) is 0 Å². The quantitative estimate of drug-likeness (QED) is 0.787. The summed E-state index contributed by atoms with van der Waals surface area (Å²) in [6, 6.07) is 6.75. The Bertz CT molecular complexity index is 519. The van der Waals surface area contributed by atoms with Gasteiger partial charge in [0.1, 0.15) is 11.8 Å². The smallest absolute Gasteiger partial charge is 0.328 e. The second-order valence-electron chi connectivity index (χ2n) is 4.36. The van der Waals surface area contributed by atoms with Gasteiger partial charge in [-0.1, -0.05) is 0 Å². The SMILES string of the molecule is COC(=O)[C@@H](C[C@H](C)C#N)NC(=O)c1ccc(O)cc1. The molecule has 0 fully saturated rings. The minimum atomic E-state index is -0.879. The molecule has 0 unspecified atom stereocenters. The number of hydrogen-bond acceptors (Lipinski definition) is 5. The van der Waals surface area contributed by atoms with Crippen LogP contribution < -0.4 is 5.32 Å². The maximum absolute atomic E-state index is 12.0. The molecule has 0 aromatic heterocycles. The van der Waals surface area contributed by atoms with Crippen molar-refractivity contribution in [2.24, 2.45) is 5.92 Å². The van der Waals surface area contributed by atoms with Crippen molar-refractivity contribution < 1.29 is 19.4 Å². The molecule has 0 bridgehead atoms. The van der Waals surface area contributed by atoms with Crippen molar-refractivity contribution in [3.63, 3.8) is 0 Å². The van der Waals surface area contributed by atoms with Gasteiger partial charge >= 0.3 is 5.97 Å². The van der Waals surface area contributed by atoms with Crippen molar-refractivity contribution >= 4 is 11.9 Å². The van der Waals surface area contributed by atoms with Crippen LogP contribution in [0.5, 0.6) is 5.75 Å². The van der Waals surface area contributed by atoms with E-state index in [-0.39, 0.29) is 18.1 Å². The van der Waals surface area contributed by atoms with Gasteiger partial charge in [0.25, 0.3) is 5.91 Å². The molecule has 1 amide bonds. The number of hydrogen-bond donors (Lipinski definition) is 2. The van der Waals surface area contributed by atoms with E-state index in [9.17, 15) is 9.59 Å². The zero-order chi connectivity index (χ0) is 15.1. The van der Waals surface area contributed by atoms with Crippen molar-refractivity contribution in [3.05, 3.63) is 29.8 Å². The summed E-state index contributed by atoms with van der Waals surface area (Å²) in [6.45, 7) is 1.66. The van der Waals surface area contributed by atoms with E-state index in [1.54, 1.807) is 6.92 Å². The third-order valence-electron chi connectivity index (χ3n) is 2.73. The van der Waals surface area contributed by atoms with Crippen LogP contribution in [0.25, 0.3) is 0 Å². The van der Waals surface area contributed by atoms with Gasteiger partial charge in [0.05, 0.1) is 13.2 Å². The molecule has 1 rings (SSSR count). The number of ether oxygens (including phenoxy) is 1.